The molecule has 0 radical (unpaired) electrons. The largest absolute Gasteiger partial charge is 0.481 e. The number of carbonyl (C=O) groups is 2. The van der Waals surface area contributed by atoms with E-state index in [2.05, 4.69) is 20.3 Å². The molecular weight excluding hydrogens is 262 g/mol. The molecule has 0 aromatic carbocycles. The summed E-state index contributed by atoms with van der Waals surface area (Å²) in [6, 6.07) is 3.04. The topological polar surface area (TPSA) is 101 Å². The van der Waals surface area contributed by atoms with E-state index in [4.69, 9.17) is 0 Å². The number of esters is 1. The van der Waals surface area contributed by atoms with Crippen LogP contribution in [0.4, 0.5) is 5.82 Å². The van der Waals surface area contributed by atoms with Gasteiger partial charge >= 0.3 is 11.9 Å². The van der Waals surface area contributed by atoms with Gasteiger partial charge in [0.2, 0.25) is 0 Å². The molecule has 0 saturated carbocycles. The highest BCUT2D eigenvalue weighted by atomic mass is 16.5. The first-order valence-electron chi connectivity index (χ1n) is 6.38. The van der Waals surface area contributed by atoms with Gasteiger partial charge in [-0.15, -0.1) is 10.2 Å². The molecule has 0 aliphatic heterocycles. The molecule has 0 aliphatic carbocycles. The highest BCUT2D eigenvalue weighted by molar-refractivity contribution is 5.87. The summed E-state index contributed by atoms with van der Waals surface area (Å²) in [4.78, 5) is 22.6. The maximum absolute atomic E-state index is 11.3. The summed E-state index contributed by atoms with van der Waals surface area (Å²) >= 11 is 0. The lowest BCUT2D eigenvalue weighted by Crippen LogP contribution is -2.37. The average molecular weight is 281 g/mol. The van der Waals surface area contributed by atoms with E-state index in [9.17, 15) is 14.7 Å². The SMILES string of the molecule is CCC(CC)(CNc1ccc(C(=O)OC)nn1)C(=O)O. The maximum Gasteiger partial charge on any atom is 0.358 e. The van der Waals surface area contributed by atoms with E-state index in [-0.39, 0.29) is 12.2 Å². The molecule has 1 heterocycles. The summed E-state index contributed by atoms with van der Waals surface area (Å²) in [5.74, 6) is -0.981. The normalized spacial score (nSPS) is 10.9. The Morgan fingerprint density at radius 1 is 1.30 bits per heavy atom. The summed E-state index contributed by atoms with van der Waals surface area (Å²) in [5.41, 5.74) is -0.726. The van der Waals surface area contributed by atoms with Gasteiger partial charge in [-0.2, -0.15) is 0 Å². The summed E-state index contributed by atoms with van der Waals surface area (Å²) in [5, 5.41) is 19.8. The molecule has 0 amide bonds. The molecule has 0 unspecified atom stereocenters. The Hall–Kier alpha value is -2.18. The number of carboxylic acid groups (broad SMARTS) is 1. The monoisotopic (exact) mass is 281 g/mol. The van der Waals surface area contributed by atoms with Gasteiger partial charge < -0.3 is 15.2 Å². The Kier molecular flexibility index (Phi) is 5.42. The quantitative estimate of drug-likeness (QED) is 0.731. The maximum atomic E-state index is 11.3. The number of carboxylic acids is 1. The second-order valence-electron chi connectivity index (χ2n) is 4.44. The predicted molar refractivity (Wildman–Crippen MR) is 72.5 cm³/mol. The molecule has 7 nitrogen and oxygen atoms in total. The van der Waals surface area contributed by atoms with Crippen LogP contribution in [0.1, 0.15) is 37.2 Å². The number of ether oxygens (including phenoxy) is 1. The van der Waals surface area contributed by atoms with Crippen molar-refractivity contribution in [1.82, 2.24) is 10.2 Å². The van der Waals surface area contributed by atoms with E-state index in [0.717, 1.165) is 0 Å². The number of rotatable bonds is 7. The molecule has 1 aromatic heterocycles. The zero-order valence-electron chi connectivity index (χ0n) is 11.8. The molecular formula is C13H19N3O4. The number of methoxy groups -OCH3 is 1. The van der Waals surface area contributed by atoms with Gasteiger partial charge in [0.15, 0.2) is 5.69 Å². The van der Waals surface area contributed by atoms with Crippen molar-refractivity contribution in [2.75, 3.05) is 19.0 Å². The molecule has 110 valence electrons. The molecule has 0 spiro atoms. The molecule has 0 bridgehead atoms. The smallest absolute Gasteiger partial charge is 0.358 e. The standard InChI is InChI=1S/C13H19N3O4/c1-4-13(5-2,12(18)19)8-14-10-7-6-9(15-16-10)11(17)20-3/h6-7H,4-5,8H2,1-3H3,(H,14,16)(H,18,19). The Labute approximate surface area is 117 Å². The van der Waals surface area contributed by atoms with Gasteiger partial charge in [0.05, 0.1) is 12.5 Å². The van der Waals surface area contributed by atoms with Crippen LogP contribution < -0.4 is 5.32 Å². The molecule has 0 fully saturated rings. The van der Waals surface area contributed by atoms with Crippen LogP contribution in [0.5, 0.6) is 0 Å². The third-order valence-corrected chi connectivity index (χ3v) is 3.47. The lowest BCUT2D eigenvalue weighted by atomic mass is 9.82. The molecule has 2 N–H and O–H groups in total. The first kappa shape index (κ1) is 15.9. The Bertz CT molecular complexity index is 469. The van der Waals surface area contributed by atoms with Crippen LogP contribution in [-0.2, 0) is 9.53 Å². The minimum Gasteiger partial charge on any atom is -0.481 e. The van der Waals surface area contributed by atoms with Gasteiger partial charge in [-0.05, 0) is 25.0 Å². The second kappa shape index (κ2) is 6.83. The lowest BCUT2D eigenvalue weighted by Gasteiger charge is -2.26. The number of anilines is 1. The van der Waals surface area contributed by atoms with Gasteiger partial charge in [-0.1, -0.05) is 13.8 Å². The number of aliphatic carboxylic acids is 1. The minimum atomic E-state index is -0.839. The van der Waals surface area contributed by atoms with Crippen molar-refractivity contribution in [1.29, 1.82) is 0 Å². The average Bonchev–Trinajstić information content (AvgIpc) is 2.48. The molecule has 0 saturated heterocycles. The van der Waals surface area contributed by atoms with Gasteiger partial charge in [0, 0.05) is 6.54 Å². The van der Waals surface area contributed by atoms with Crippen LogP contribution in [0.3, 0.4) is 0 Å². The summed E-state index contributed by atoms with van der Waals surface area (Å²) in [7, 11) is 1.26. The van der Waals surface area contributed by atoms with Gasteiger partial charge in [-0.3, -0.25) is 4.79 Å². The van der Waals surface area contributed by atoms with Crippen molar-refractivity contribution >= 4 is 17.8 Å². The third kappa shape index (κ3) is 3.43. The van der Waals surface area contributed by atoms with Gasteiger partial charge in [0.1, 0.15) is 5.82 Å². The zero-order valence-corrected chi connectivity index (χ0v) is 11.8. The van der Waals surface area contributed by atoms with Crippen LogP contribution in [0.2, 0.25) is 0 Å². The molecule has 7 heteroatoms. The van der Waals surface area contributed by atoms with Crippen LogP contribution in [0.15, 0.2) is 12.1 Å². The van der Waals surface area contributed by atoms with Crippen LogP contribution in [-0.4, -0.2) is 40.9 Å². The number of carbonyl (C=O) groups excluding carboxylic acids is 1. The zero-order chi connectivity index (χ0) is 15.2. The van der Waals surface area contributed by atoms with Crippen molar-refractivity contribution in [3.05, 3.63) is 17.8 Å². The second-order valence-corrected chi connectivity index (χ2v) is 4.44. The van der Waals surface area contributed by atoms with Gasteiger partial charge in [0.25, 0.3) is 0 Å². The fourth-order valence-corrected chi connectivity index (χ4v) is 1.78. The highest BCUT2D eigenvalue weighted by Gasteiger charge is 2.34. The fraction of sp³-hybridized carbons (Fsp3) is 0.538. The van der Waals surface area contributed by atoms with E-state index in [1.807, 2.05) is 13.8 Å². The molecule has 0 atom stereocenters. The molecule has 20 heavy (non-hydrogen) atoms. The fourth-order valence-electron chi connectivity index (χ4n) is 1.78. The van der Waals surface area contributed by atoms with E-state index in [1.165, 1.54) is 13.2 Å². The van der Waals surface area contributed by atoms with E-state index < -0.39 is 17.4 Å². The minimum absolute atomic E-state index is 0.105. The lowest BCUT2D eigenvalue weighted by molar-refractivity contribution is -0.148. The molecule has 1 rings (SSSR count). The molecule has 1 aromatic rings. The Morgan fingerprint density at radius 3 is 2.35 bits per heavy atom. The summed E-state index contributed by atoms with van der Waals surface area (Å²) < 4.78 is 4.52. The molecule has 0 aliphatic rings. The Balaban J connectivity index is 2.74. The van der Waals surface area contributed by atoms with Crippen LogP contribution in [0, 0.1) is 5.41 Å². The first-order valence-corrected chi connectivity index (χ1v) is 6.38. The number of nitrogens with zero attached hydrogens (tertiary/aromatic N) is 2. The van der Waals surface area contributed by atoms with Crippen molar-refractivity contribution in [2.24, 2.45) is 5.41 Å². The third-order valence-electron chi connectivity index (χ3n) is 3.47. The first-order chi connectivity index (χ1) is 9.49. The van der Waals surface area contributed by atoms with Crippen molar-refractivity contribution in [2.45, 2.75) is 26.7 Å². The van der Waals surface area contributed by atoms with Crippen LogP contribution in [0.25, 0.3) is 0 Å². The van der Waals surface area contributed by atoms with E-state index in [0.29, 0.717) is 18.7 Å². The summed E-state index contributed by atoms with van der Waals surface area (Å²) in [6.07, 6.45) is 1.03. The van der Waals surface area contributed by atoms with E-state index in [1.54, 1.807) is 6.07 Å². The van der Waals surface area contributed by atoms with Crippen molar-refractivity contribution in [3.8, 4) is 0 Å². The number of hydrogen-bond acceptors (Lipinski definition) is 6. The predicted octanol–water partition coefficient (Wildman–Crippen LogP) is 1.57. The number of aromatic nitrogens is 2. The van der Waals surface area contributed by atoms with Crippen molar-refractivity contribution in [3.63, 3.8) is 0 Å². The van der Waals surface area contributed by atoms with Gasteiger partial charge in [-0.25, -0.2) is 4.79 Å². The Morgan fingerprint density at radius 2 is 1.95 bits per heavy atom. The number of nitrogens with one attached hydrogen (secondary N) is 1. The summed E-state index contributed by atoms with van der Waals surface area (Å²) in [6.45, 7) is 3.93. The highest BCUT2D eigenvalue weighted by Crippen LogP contribution is 2.26. The van der Waals surface area contributed by atoms with Crippen LogP contribution >= 0.6 is 0 Å². The van der Waals surface area contributed by atoms with E-state index >= 15 is 0 Å². The van der Waals surface area contributed by atoms with Crippen molar-refractivity contribution < 1.29 is 19.4 Å². The number of hydrogen-bond donors (Lipinski definition) is 2.